The third-order valence-corrected chi connectivity index (χ3v) is 25.9. The number of aryl methyl sites for hydroxylation is 16. The molecule has 20 rings (SSSR count). The molecule has 5 aliphatic rings. The van der Waals surface area contributed by atoms with Crippen LogP contribution in [0.3, 0.4) is 0 Å². The second-order valence-electron chi connectivity index (χ2n) is 28.5. The van der Waals surface area contributed by atoms with Crippen LogP contribution in [0.25, 0.3) is 56.9 Å². The molecular formula is C83H77N23O5S7. The number of hydrogen-bond donors (Lipinski definition) is 8. The molecule has 1 amide bonds. The average molecular weight is 1700 g/mol. The van der Waals surface area contributed by atoms with E-state index in [-0.39, 0.29) is 15.7 Å². The maximum Gasteiger partial charge on any atom is 0.238 e. The second-order valence-corrected chi connectivity index (χ2v) is 37.0. The summed E-state index contributed by atoms with van der Waals surface area (Å²) < 4.78 is 45.9. The van der Waals surface area contributed by atoms with Crippen molar-refractivity contribution in [2.45, 2.75) is 122 Å². The van der Waals surface area contributed by atoms with Crippen LogP contribution in [0.1, 0.15) is 91.4 Å². The smallest absolute Gasteiger partial charge is 0.238 e. The van der Waals surface area contributed by atoms with Crippen molar-refractivity contribution in [3.05, 3.63) is 241 Å². The molecule has 10 aromatic heterocycles. The monoisotopic (exact) mass is 1700 g/mol. The molecule has 0 atom stereocenters. The number of aromatic nitrogens is 15. The molecule has 0 spiro atoms. The van der Waals surface area contributed by atoms with E-state index in [4.69, 9.17) is 20.2 Å². The summed E-state index contributed by atoms with van der Waals surface area (Å²) in [4.78, 5) is 85.5. The topological polar surface area (TPSA) is 403 Å². The standard InChI is InChI=1S/C18H18N4S.C17H15N5OS.C17H16N4S.C16H15N5O2S2.C15H13N5O2S2/c1-10-6-11(2)8-14(7-10)21-18-19-9-13-4-5-15-17(16(13)22-18)20-12(3)23-15;1-10(23)20-12-3-2-4-13(7-12)21-17-18-8-11-5-6-14-16(15(11)22-17)19-9-24-14;1-10-5-11(2)7-13(6-10)20-17-18-8-12-3-4-14-16(15(12)21-17)19-9-22-14;1-9-19-15-13(24-9)6-5-10-8-18-16(21-14(10)15)20-11-3-2-4-12(7-11)25(17,22)23;16-24(21,22)11-3-1-2-10(6-11)19-15-17-7-9-4-5-12-14(13(9)20-15)18-8-23-12/h6-9H,4-5H2,1-3H3,(H,19,21,22);2-4,7-9H,5-6H2,1H3,(H,20,23)(H,18,21,22);5-9H,3-4H2,1-2H3,(H,18,20,21);2-4,7-8H,5-6H2,1H3,(H2,17,22,23)(H,18,20,21);1-3,6-8H,4-5H2,(H2,16,21,22)(H,17,19,20). The maximum atomic E-state index is 11.5. The van der Waals surface area contributed by atoms with Gasteiger partial charge in [0.15, 0.2) is 0 Å². The Morgan fingerprint density at radius 1 is 0.322 bits per heavy atom. The SMILES string of the molecule is CC(=O)Nc1cccc(Nc2ncc3c(n2)-c2ncsc2CC3)c1.Cc1cc(C)cc(Nc2ncc3c(n2)-c2nc(C)sc2CC3)c1.Cc1cc(C)cc(Nc2ncc3c(n2)-c2ncsc2CC3)c1.Cc1nc2c(s1)CCc1cnc(Nc3cccc(S(N)(=O)=O)c3)nc1-2.NS(=O)(=O)c1cccc(Nc2ncc3c(n2)-c2ncsc2CC3)c1. The fraction of sp³-hybridized carbons (Fsp3) is 0.205. The first-order valence-corrected chi connectivity index (χ1v) is 44.9. The minimum absolute atomic E-state index is 0.0345. The molecule has 0 aliphatic heterocycles. The zero-order chi connectivity index (χ0) is 81.9. The van der Waals surface area contributed by atoms with E-state index in [0.717, 1.165) is 171 Å². The van der Waals surface area contributed by atoms with Crippen LogP contribution in [0, 0.1) is 41.5 Å². The summed E-state index contributed by atoms with van der Waals surface area (Å²) >= 11 is 8.49. The number of carbonyl (C=O) groups excluding carboxylic acids is 1. The van der Waals surface area contributed by atoms with Gasteiger partial charge in [-0.05, 0) is 235 Å². The third kappa shape index (κ3) is 18.8. The number of nitrogens with one attached hydrogen (secondary N) is 6. The van der Waals surface area contributed by atoms with Crippen LogP contribution in [0.4, 0.5) is 63.9 Å². The lowest BCUT2D eigenvalue weighted by Crippen LogP contribution is -2.12. The molecule has 5 aromatic carbocycles. The number of hydrogen-bond acceptors (Lipinski definition) is 30. The van der Waals surface area contributed by atoms with Crippen LogP contribution in [0.5, 0.6) is 0 Å². The van der Waals surface area contributed by atoms with E-state index in [1.807, 2.05) is 66.3 Å². The van der Waals surface area contributed by atoms with Gasteiger partial charge in [0.05, 0.1) is 64.8 Å². The first kappa shape index (κ1) is 79.8. The lowest BCUT2D eigenvalue weighted by atomic mass is 10.00. The van der Waals surface area contributed by atoms with Crippen molar-refractivity contribution >= 4 is 147 Å². The second kappa shape index (κ2) is 34.2. The van der Waals surface area contributed by atoms with Crippen molar-refractivity contribution < 1.29 is 21.6 Å². The van der Waals surface area contributed by atoms with E-state index >= 15 is 0 Å². The highest BCUT2D eigenvalue weighted by atomic mass is 32.2. The minimum atomic E-state index is -3.76. The van der Waals surface area contributed by atoms with Gasteiger partial charge in [-0.2, -0.15) is 0 Å². The normalized spacial score (nSPS) is 12.8. The molecule has 0 saturated carbocycles. The van der Waals surface area contributed by atoms with Crippen LogP contribution in [-0.2, 0) is 89.0 Å². The summed E-state index contributed by atoms with van der Waals surface area (Å²) in [7, 11) is -7.51. The number of anilines is 11. The first-order chi connectivity index (χ1) is 56.9. The lowest BCUT2D eigenvalue weighted by Gasteiger charge is -2.15. The molecule has 15 aromatic rings. The molecule has 35 heteroatoms. The molecule has 0 radical (unpaired) electrons. The number of thiazole rings is 5. The van der Waals surface area contributed by atoms with Crippen molar-refractivity contribution in [2.24, 2.45) is 10.3 Å². The van der Waals surface area contributed by atoms with Crippen LogP contribution < -0.4 is 42.2 Å². The van der Waals surface area contributed by atoms with Gasteiger partial charge in [0.1, 0.15) is 28.5 Å². The van der Waals surface area contributed by atoms with E-state index in [0.29, 0.717) is 41.1 Å². The average Bonchev–Trinajstić information content (AvgIpc) is 1.59. The van der Waals surface area contributed by atoms with E-state index < -0.39 is 20.0 Å². The Labute approximate surface area is 700 Å². The van der Waals surface area contributed by atoms with Crippen LogP contribution >= 0.6 is 56.7 Å². The Morgan fingerprint density at radius 3 is 0.932 bits per heavy atom. The van der Waals surface area contributed by atoms with Gasteiger partial charge < -0.3 is 31.9 Å². The summed E-state index contributed by atoms with van der Waals surface area (Å²) in [6.07, 6.45) is 19.0. The Bertz CT molecular complexity index is 6560. The molecule has 0 unspecified atom stereocenters. The van der Waals surface area contributed by atoms with Crippen molar-refractivity contribution in [1.82, 2.24) is 74.8 Å². The van der Waals surface area contributed by atoms with Crippen LogP contribution in [-0.4, -0.2) is 97.5 Å². The number of nitrogens with two attached hydrogens (primary N) is 2. The number of benzene rings is 5. The molecule has 10 heterocycles. The van der Waals surface area contributed by atoms with Crippen LogP contribution in [0.15, 0.2) is 167 Å². The van der Waals surface area contributed by atoms with Crippen LogP contribution in [0.2, 0.25) is 0 Å². The molecule has 596 valence electrons. The summed E-state index contributed by atoms with van der Waals surface area (Å²) in [6.45, 7) is 13.9. The van der Waals surface area contributed by atoms with Crippen molar-refractivity contribution in [2.75, 3.05) is 31.9 Å². The van der Waals surface area contributed by atoms with Gasteiger partial charge in [-0.1, -0.05) is 30.3 Å². The molecule has 0 bridgehead atoms. The third-order valence-electron chi connectivity index (χ3n) is 19.3. The summed E-state index contributed by atoms with van der Waals surface area (Å²) in [6, 6.07) is 32.6. The summed E-state index contributed by atoms with van der Waals surface area (Å²) in [5.74, 6) is 2.46. The first-order valence-electron chi connectivity index (χ1n) is 37.5. The zero-order valence-corrected chi connectivity index (χ0v) is 70.6. The molecule has 0 saturated heterocycles. The van der Waals surface area contributed by atoms with Gasteiger partial charge in [-0.15, -0.1) is 56.7 Å². The van der Waals surface area contributed by atoms with E-state index in [2.05, 4.69) is 168 Å². The van der Waals surface area contributed by atoms with Gasteiger partial charge in [0.25, 0.3) is 0 Å². The molecular weight excluding hydrogens is 1620 g/mol. The number of nitrogens with zero attached hydrogens (tertiary/aromatic N) is 15. The number of amides is 1. The zero-order valence-electron chi connectivity index (χ0n) is 64.8. The lowest BCUT2D eigenvalue weighted by molar-refractivity contribution is -0.114. The molecule has 10 N–H and O–H groups in total. The van der Waals surface area contributed by atoms with E-state index in [9.17, 15) is 21.6 Å². The number of rotatable bonds is 13. The highest BCUT2D eigenvalue weighted by Gasteiger charge is 2.28. The molecule has 118 heavy (non-hydrogen) atoms. The Morgan fingerprint density at radius 2 is 0.610 bits per heavy atom. The highest BCUT2D eigenvalue weighted by Crippen LogP contribution is 2.41. The molecule has 28 nitrogen and oxygen atoms in total. The van der Waals surface area contributed by atoms with Gasteiger partial charge >= 0.3 is 0 Å². The number of sulfonamides is 2. The van der Waals surface area contributed by atoms with Crippen molar-refractivity contribution in [3.8, 4) is 56.9 Å². The summed E-state index contributed by atoms with van der Waals surface area (Å²) in [5.41, 5.74) is 30.2. The van der Waals surface area contributed by atoms with Gasteiger partial charge in [-0.25, -0.2) is 102 Å². The Hall–Kier alpha value is -12.1. The largest absolute Gasteiger partial charge is 0.326 e. The predicted octanol–water partition coefficient (Wildman–Crippen LogP) is 16.3. The fourth-order valence-corrected chi connectivity index (χ4v) is 19.5. The van der Waals surface area contributed by atoms with Gasteiger partial charge in [0, 0.05) is 96.4 Å². The van der Waals surface area contributed by atoms with Gasteiger partial charge in [-0.3, -0.25) is 4.79 Å². The van der Waals surface area contributed by atoms with E-state index in [1.54, 1.807) is 93.3 Å². The Kier molecular flexibility index (Phi) is 23.2. The number of fused-ring (bicyclic) bond motifs is 15. The summed E-state index contributed by atoms with van der Waals surface area (Å²) in [5, 5.41) is 31.1. The van der Waals surface area contributed by atoms with E-state index in [1.165, 1.54) is 89.0 Å². The Balaban J connectivity index is 0.000000110. The van der Waals surface area contributed by atoms with Crippen molar-refractivity contribution in [1.29, 1.82) is 0 Å². The molecule has 5 aliphatic carbocycles. The highest BCUT2D eigenvalue weighted by molar-refractivity contribution is 7.89. The van der Waals surface area contributed by atoms with Crippen molar-refractivity contribution in [3.63, 3.8) is 0 Å². The minimum Gasteiger partial charge on any atom is -0.326 e. The number of carbonyl (C=O) groups is 1. The van der Waals surface area contributed by atoms with Gasteiger partial charge in [0.2, 0.25) is 55.7 Å². The number of primary sulfonamides is 2. The molecule has 0 fully saturated rings. The fourth-order valence-electron chi connectivity index (χ4n) is 14.2. The quantitative estimate of drug-likeness (QED) is 0.0531. The maximum absolute atomic E-state index is 11.5. The predicted molar refractivity (Wildman–Crippen MR) is 467 cm³/mol.